The lowest BCUT2D eigenvalue weighted by Gasteiger charge is -2.11. The monoisotopic (exact) mass is 394 g/mol. The van der Waals surface area contributed by atoms with Crippen molar-refractivity contribution < 1.29 is 13.5 Å². The summed E-state index contributed by atoms with van der Waals surface area (Å²) in [5, 5.41) is 0. The second-order valence-corrected chi connectivity index (χ2v) is 7.32. The van der Waals surface area contributed by atoms with Crippen LogP contribution in [0, 0.1) is 11.6 Å². The summed E-state index contributed by atoms with van der Waals surface area (Å²) in [6, 6.07) is 19.1. The first-order valence-corrected chi connectivity index (χ1v) is 10.4. The van der Waals surface area contributed by atoms with Gasteiger partial charge in [-0.25, -0.2) is 4.39 Å². The fraction of sp³-hybridized carbons (Fsp3) is 0.308. The Morgan fingerprint density at radius 3 is 1.90 bits per heavy atom. The van der Waals surface area contributed by atoms with E-state index in [1.165, 1.54) is 11.6 Å². The van der Waals surface area contributed by atoms with E-state index in [1.807, 2.05) is 24.3 Å². The molecule has 0 unspecified atom stereocenters. The van der Waals surface area contributed by atoms with Gasteiger partial charge in [0.25, 0.3) is 0 Å². The molecule has 0 fully saturated rings. The molecular formula is C26H28F2O. The predicted octanol–water partition coefficient (Wildman–Crippen LogP) is 7.82. The first-order valence-electron chi connectivity index (χ1n) is 10.4. The number of hydrogen-bond acceptors (Lipinski definition) is 1. The minimum Gasteiger partial charge on any atom is -0.490 e. The molecule has 0 heterocycles. The number of aryl methyl sites for hydroxylation is 1. The molecule has 0 amide bonds. The van der Waals surface area contributed by atoms with Crippen LogP contribution in [0.15, 0.2) is 60.7 Å². The Kier molecular flexibility index (Phi) is 7.40. The van der Waals surface area contributed by atoms with Crippen LogP contribution in [0.2, 0.25) is 0 Å². The Bertz CT molecular complexity index is 915. The number of rotatable bonds is 9. The lowest BCUT2D eigenvalue weighted by Crippen LogP contribution is -2.01. The van der Waals surface area contributed by atoms with Crippen LogP contribution in [-0.4, -0.2) is 6.61 Å². The summed E-state index contributed by atoms with van der Waals surface area (Å²) >= 11 is 0. The maximum absolute atomic E-state index is 14.6. The van der Waals surface area contributed by atoms with Gasteiger partial charge in [-0.2, -0.15) is 4.39 Å². The van der Waals surface area contributed by atoms with E-state index >= 15 is 0 Å². The largest absolute Gasteiger partial charge is 0.490 e. The number of unbranched alkanes of at least 4 members (excludes halogenated alkanes) is 2. The van der Waals surface area contributed by atoms with E-state index in [-0.39, 0.29) is 11.3 Å². The third kappa shape index (κ3) is 5.23. The van der Waals surface area contributed by atoms with E-state index in [1.54, 1.807) is 6.07 Å². The molecule has 0 aromatic heterocycles. The van der Waals surface area contributed by atoms with Crippen molar-refractivity contribution in [3.8, 4) is 28.0 Å². The average Bonchev–Trinajstić information content (AvgIpc) is 2.75. The van der Waals surface area contributed by atoms with E-state index in [0.717, 1.165) is 43.2 Å². The molecule has 3 heteroatoms. The zero-order valence-electron chi connectivity index (χ0n) is 17.2. The highest BCUT2D eigenvalue weighted by atomic mass is 19.2. The molecule has 29 heavy (non-hydrogen) atoms. The Hall–Kier alpha value is -2.68. The molecule has 0 saturated heterocycles. The van der Waals surface area contributed by atoms with Gasteiger partial charge in [0.2, 0.25) is 5.82 Å². The molecule has 152 valence electrons. The van der Waals surface area contributed by atoms with E-state index in [0.29, 0.717) is 12.2 Å². The molecule has 1 nitrogen and oxygen atoms in total. The topological polar surface area (TPSA) is 9.23 Å². The van der Waals surface area contributed by atoms with Crippen molar-refractivity contribution in [3.05, 3.63) is 77.9 Å². The average molecular weight is 395 g/mol. The van der Waals surface area contributed by atoms with Crippen molar-refractivity contribution in [1.29, 1.82) is 0 Å². The van der Waals surface area contributed by atoms with Crippen molar-refractivity contribution in [2.75, 3.05) is 6.61 Å². The smallest absolute Gasteiger partial charge is 0.201 e. The molecule has 3 aromatic rings. The van der Waals surface area contributed by atoms with Crippen LogP contribution in [0.4, 0.5) is 8.78 Å². The van der Waals surface area contributed by atoms with Crippen molar-refractivity contribution in [2.45, 2.75) is 46.0 Å². The summed E-state index contributed by atoms with van der Waals surface area (Å²) in [6.07, 6.45) is 5.09. The van der Waals surface area contributed by atoms with Crippen LogP contribution in [-0.2, 0) is 6.42 Å². The van der Waals surface area contributed by atoms with E-state index in [9.17, 15) is 8.78 Å². The first kappa shape index (κ1) is 21.0. The Morgan fingerprint density at radius 1 is 0.655 bits per heavy atom. The van der Waals surface area contributed by atoms with Crippen molar-refractivity contribution in [2.24, 2.45) is 0 Å². The molecule has 3 aromatic carbocycles. The van der Waals surface area contributed by atoms with Crippen molar-refractivity contribution in [3.63, 3.8) is 0 Å². The molecule has 0 bridgehead atoms. The zero-order valence-corrected chi connectivity index (χ0v) is 17.2. The van der Waals surface area contributed by atoms with Crippen LogP contribution in [0.5, 0.6) is 5.75 Å². The molecule has 0 aliphatic heterocycles. The predicted molar refractivity (Wildman–Crippen MR) is 116 cm³/mol. The second kappa shape index (κ2) is 10.2. The number of hydrogen-bond donors (Lipinski definition) is 0. The summed E-state index contributed by atoms with van der Waals surface area (Å²) in [4.78, 5) is 0. The van der Waals surface area contributed by atoms with Crippen LogP contribution >= 0.6 is 0 Å². The second-order valence-electron chi connectivity index (χ2n) is 7.32. The van der Waals surface area contributed by atoms with Crippen molar-refractivity contribution in [1.82, 2.24) is 0 Å². The minimum atomic E-state index is -0.922. The lowest BCUT2D eigenvalue weighted by atomic mass is 9.98. The van der Waals surface area contributed by atoms with E-state index in [4.69, 9.17) is 4.74 Å². The molecule has 0 radical (unpaired) electrons. The standard InChI is InChI=1S/C26H28F2O/c1-3-5-6-18-29-24-17-16-23(25(27)26(24)28)22-14-12-21(13-15-22)20-10-8-19(7-4-2)9-11-20/h8-17H,3-7,18H2,1-2H3. The van der Waals surface area contributed by atoms with Gasteiger partial charge < -0.3 is 4.74 Å². The molecular weight excluding hydrogens is 366 g/mol. The normalized spacial score (nSPS) is 10.9. The molecule has 0 N–H and O–H groups in total. The summed E-state index contributed by atoms with van der Waals surface area (Å²) in [6.45, 7) is 4.65. The summed E-state index contributed by atoms with van der Waals surface area (Å²) in [5.41, 5.74) is 4.37. The highest BCUT2D eigenvalue weighted by Gasteiger charge is 2.16. The van der Waals surface area contributed by atoms with Crippen LogP contribution < -0.4 is 4.74 Å². The maximum Gasteiger partial charge on any atom is 0.201 e. The van der Waals surface area contributed by atoms with Gasteiger partial charge in [-0.15, -0.1) is 0 Å². The zero-order chi connectivity index (χ0) is 20.6. The van der Waals surface area contributed by atoms with Gasteiger partial charge in [0.15, 0.2) is 11.6 Å². The Morgan fingerprint density at radius 2 is 1.28 bits per heavy atom. The van der Waals surface area contributed by atoms with E-state index in [2.05, 4.69) is 38.1 Å². The lowest BCUT2D eigenvalue weighted by molar-refractivity contribution is 0.286. The maximum atomic E-state index is 14.6. The van der Waals surface area contributed by atoms with Crippen LogP contribution in [0.1, 0.15) is 45.1 Å². The Balaban J connectivity index is 1.76. The van der Waals surface area contributed by atoms with Gasteiger partial charge in [-0.3, -0.25) is 0 Å². The highest BCUT2D eigenvalue weighted by molar-refractivity contribution is 5.71. The number of benzene rings is 3. The molecule has 0 spiro atoms. The third-order valence-corrected chi connectivity index (χ3v) is 5.07. The Labute approximate surface area is 172 Å². The summed E-state index contributed by atoms with van der Waals surface area (Å²) in [7, 11) is 0. The van der Waals surface area contributed by atoms with Gasteiger partial charge in [0.05, 0.1) is 6.61 Å². The fourth-order valence-corrected chi connectivity index (χ4v) is 3.40. The molecule has 0 saturated carbocycles. The van der Waals surface area contributed by atoms with Gasteiger partial charge >= 0.3 is 0 Å². The van der Waals surface area contributed by atoms with Crippen LogP contribution in [0.3, 0.4) is 0 Å². The number of ether oxygens (including phenoxy) is 1. The molecule has 0 aliphatic carbocycles. The van der Waals surface area contributed by atoms with Gasteiger partial charge in [-0.05, 0) is 47.2 Å². The van der Waals surface area contributed by atoms with Gasteiger partial charge in [0.1, 0.15) is 0 Å². The first-order chi connectivity index (χ1) is 14.1. The molecule has 3 rings (SSSR count). The fourth-order valence-electron chi connectivity index (χ4n) is 3.40. The SMILES string of the molecule is CCCCCOc1ccc(-c2ccc(-c3ccc(CCC)cc3)cc2)c(F)c1F. The molecule has 0 aliphatic rings. The van der Waals surface area contributed by atoms with Gasteiger partial charge in [-0.1, -0.05) is 81.6 Å². The summed E-state index contributed by atoms with van der Waals surface area (Å²) in [5.74, 6) is -1.81. The van der Waals surface area contributed by atoms with Crippen molar-refractivity contribution >= 4 is 0 Å². The van der Waals surface area contributed by atoms with Crippen LogP contribution in [0.25, 0.3) is 22.3 Å². The van der Waals surface area contributed by atoms with Gasteiger partial charge in [0, 0.05) is 5.56 Å². The third-order valence-electron chi connectivity index (χ3n) is 5.07. The summed E-state index contributed by atoms with van der Waals surface area (Å²) < 4.78 is 34.4. The highest BCUT2D eigenvalue weighted by Crippen LogP contribution is 2.31. The molecule has 0 atom stereocenters. The number of halogens is 2. The quantitative estimate of drug-likeness (QED) is 0.336. The minimum absolute atomic E-state index is 0.0221. The van der Waals surface area contributed by atoms with E-state index < -0.39 is 11.6 Å².